The normalized spacial score (nSPS) is 10.6. The van der Waals surface area contributed by atoms with Gasteiger partial charge in [0.05, 0.1) is 6.61 Å². The van der Waals surface area contributed by atoms with Crippen LogP contribution in [0.15, 0.2) is 18.3 Å². The number of ether oxygens (including phenoxy) is 1. The van der Waals surface area contributed by atoms with Gasteiger partial charge in [0, 0.05) is 31.5 Å². The smallest absolute Gasteiger partial charge is 0.129 e. The van der Waals surface area contributed by atoms with Crippen LogP contribution in [0.3, 0.4) is 0 Å². The SMILES string of the molecule is COCCN(c1cc(C(N)=S)ccn1)C(C)C. The molecule has 0 saturated heterocycles. The van der Waals surface area contributed by atoms with Gasteiger partial charge in [-0.2, -0.15) is 0 Å². The van der Waals surface area contributed by atoms with Gasteiger partial charge in [-0.1, -0.05) is 12.2 Å². The van der Waals surface area contributed by atoms with Gasteiger partial charge in [-0.15, -0.1) is 0 Å². The highest BCUT2D eigenvalue weighted by atomic mass is 32.1. The first kappa shape index (κ1) is 13.9. The Hall–Kier alpha value is -1.20. The molecular weight excluding hydrogens is 234 g/mol. The van der Waals surface area contributed by atoms with E-state index >= 15 is 0 Å². The first-order valence-electron chi connectivity index (χ1n) is 5.57. The van der Waals surface area contributed by atoms with Crippen molar-refractivity contribution in [1.29, 1.82) is 0 Å². The summed E-state index contributed by atoms with van der Waals surface area (Å²) in [5, 5.41) is 0. The molecule has 0 fully saturated rings. The average molecular weight is 253 g/mol. The number of aromatic nitrogens is 1. The number of hydrogen-bond donors (Lipinski definition) is 1. The monoisotopic (exact) mass is 253 g/mol. The van der Waals surface area contributed by atoms with Gasteiger partial charge in [0.15, 0.2) is 0 Å². The second kappa shape index (κ2) is 6.51. The van der Waals surface area contributed by atoms with Crippen molar-refractivity contribution in [1.82, 2.24) is 4.98 Å². The summed E-state index contributed by atoms with van der Waals surface area (Å²) in [5.41, 5.74) is 6.46. The van der Waals surface area contributed by atoms with Gasteiger partial charge in [0.2, 0.25) is 0 Å². The predicted octanol–water partition coefficient (Wildman–Crippen LogP) is 1.58. The third-order valence-electron chi connectivity index (χ3n) is 2.48. The Balaban J connectivity index is 2.93. The molecule has 94 valence electrons. The minimum absolute atomic E-state index is 0.347. The van der Waals surface area contributed by atoms with Gasteiger partial charge >= 0.3 is 0 Å². The van der Waals surface area contributed by atoms with E-state index in [9.17, 15) is 0 Å². The Morgan fingerprint density at radius 3 is 2.82 bits per heavy atom. The summed E-state index contributed by atoms with van der Waals surface area (Å²) in [6.45, 7) is 5.69. The maximum Gasteiger partial charge on any atom is 0.129 e. The average Bonchev–Trinajstić information content (AvgIpc) is 2.29. The highest BCUT2D eigenvalue weighted by Crippen LogP contribution is 2.15. The lowest BCUT2D eigenvalue weighted by Crippen LogP contribution is -2.34. The van der Waals surface area contributed by atoms with Gasteiger partial charge < -0.3 is 15.4 Å². The fourth-order valence-corrected chi connectivity index (χ4v) is 1.68. The number of methoxy groups -OCH3 is 1. The molecule has 17 heavy (non-hydrogen) atoms. The Labute approximate surface area is 108 Å². The molecule has 0 atom stereocenters. The Morgan fingerprint density at radius 1 is 1.59 bits per heavy atom. The number of thiocarbonyl (C=S) groups is 1. The van der Waals surface area contributed by atoms with Crippen molar-refractivity contribution >= 4 is 23.0 Å². The predicted molar refractivity (Wildman–Crippen MR) is 74.5 cm³/mol. The molecule has 1 heterocycles. The van der Waals surface area contributed by atoms with Gasteiger partial charge in [0.1, 0.15) is 10.8 Å². The minimum Gasteiger partial charge on any atom is -0.389 e. The first-order valence-corrected chi connectivity index (χ1v) is 5.98. The van der Waals surface area contributed by atoms with Gasteiger partial charge in [-0.05, 0) is 26.0 Å². The van der Waals surface area contributed by atoms with E-state index < -0.39 is 0 Å². The summed E-state index contributed by atoms with van der Waals surface area (Å²) in [5.74, 6) is 0.877. The summed E-state index contributed by atoms with van der Waals surface area (Å²) < 4.78 is 5.10. The van der Waals surface area contributed by atoms with Crippen molar-refractivity contribution in [2.45, 2.75) is 19.9 Å². The van der Waals surface area contributed by atoms with Crippen LogP contribution in [0, 0.1) is 0 Å². The Morgan fingerprint density at radius 2 is 2.29 bits per heavy atom. The van der Waals surface area contributed by atoms with E-state index in [4.69, 9.17) is 22.7 Å². The largest absolute Gasteiger partial charge is 0.389 e. The van der Waals surface area contributed by atoms with Crippen LogP contribution in [0.2, 0.25) is 0 Å². The second-order valence-electron chi connectivity index (χ2n) is 4.05. The van der Waals surface area contributed by atoms with Crippen LogP contribution in [0.5, 0.6) is 0 Å². The van der Waals surface area contributed by atoms with E-state index in [1.54, 1.807) is 13.3 Å². The molecule has 0 amide bonds. The molecule has 0 saturated carbocycles. The Bertz CT molecular complexity index is 382. The lowest BCUT2D eigenvalue weighted by atomic mass is 10.2. The maximum atomic E-state index is 5.62. The van der Waals surface area contributed by atoms with Gasteiger partial charge in [-0.3, -0.25) is 0 Å². The molecule has 0 aromatic carbocycles. The summed E-state index contributed by atoms with van der Waals surface area (Å²) >= 11 is 4.97. The van der Waals surface area contributed by atoms with Crippen LogP contribution >= 0.6 is 12.2 Å². The zero-order chi connectivity index (χ0) is 12.8. The van der Waals surface area contributed by atoms with Crippen LogP contribution in [0.25, 0.3) is 0 Å². The number of rotatable bonds is 6. The topological polar surface area (TPSA) is 51.4 Å². The molecule has 0 aliphatic heterocycles. The number of nitrogens with two attached hydrogens (primary N) is 1. The maximum absolute atomic E-state index is 5.62. The molecular formula is C12H19N3OS. The van der Waals surface area contributed by atoms with Crippen LogP contribution in [-0.4, -0.2) is 36.3 Å². The zero-order valence-electron chi connectivity index (χ0n) is 10.5. The molecule has 5 heteroatoms. The first-order chi connectivity index (χ1) is 8.06. The number of anilines is 1. The molecule has 2 N–H and O–H groups in total. The molecule has 1 aromatic rings. The number of nitrogens with zero attached hydrogens (tertiary/aromatic N) is 2. The van der Waals surface area contributed by atoms with Crippen molar-refractivity contribution in [3.8, 4) is 0 Å². The molecule has 1 aromatic heterocycles. The van der Waals surface area contributed by atoms with Crippen molar-refractivity contribution in [3.63, 3.8) is 0 Å². The summed E-state index contributed by atoms with van der Waals surface area (Å²) in [6, 6.07) is 4.08. The molecule has 0 bridgehead atoms. The van der Waals surface area contributed by atoms with Gasteiger partial charge in [-0.25, -0.2) is 4.98 Å². The molecule has 0 unspecified atom stereocenters. The summed E-state index contributed by atoms with van der Waals surface area (Å²) in [4.78, 5) is 6.90. The van der Waals surface area contributed by atoms with E-state index in [1.807, 2.05) is 12.1 Å². The minimum atomic E-state index is 0.347. The van der Waals surface area contributed by atoms with Crippen LogP contribution < -0.4 is 10.6 Å². The van der Waals surface area contributed by atoms with Crippen molar-refractivity contribution in [3.05, 3.63) is 23.9 Å². The molecule has 0 radical (unpaired) electrons. The van der Waals surface area contributed by atoms with Gasteiger partial charge in [0.25, 0.3) is 0 Å². The van der Waals surface area contributed by atoms with E-state index in [0.717, 1.165) is 17.9 Å². The third-order valence-corrected chi connectivity index (χ3v) is 2.72. The summed E-state index contributed by atoms with van der Waals surface area (Å²) in [7, 11) is 1.69. The van der Waals surface area contributed by atoms with Crippen molar-refractivity contribution in [2.75, 3.05) is 25.2 Å². The highest BCUT2D eigenvalue weighted by Gasteiger charge is 2.12. The Kier molecular flexibility index (Phi) is 5.31. The lowest BCUT2D eigenvalue weighted by Gasteiger charge is -2.27. The van der Waals surface area contributed by atoms with E-state index in [2.05, 4.69) is 23.7 Å². The summed E-state index contributed by atoms with van der Waals surface area (Å²) in [6.07, 6.45) is 1.73. The molecule has 1 rings (SSSR count). The van der Waals surface area contributed by atoms with Crippen molar-refractivity contribution < 1.29 is 4.74 Å². The van der Waals surface area contributed by atoms with Crippen molar-refractivity contribution in [2.24, 2.45) is 5.73 Å². The second-order valence-corrected chi connectivity index (χ2v) is 4.49. The van der Waals surface area contributed by atoms with E-state index in [0.29, 0.717) is 17.6 Å². The molecule has 0 aliphatic rings. The van der Waals surface area contributed by atoms with E-state index in [1.165, 1.54) is 0 Å². The van der Waals surface area contributed by atoms with Crippen LogP contribution in [0.1, 0.15) is 19.4 Å². The fraction of sp³-hybridized carbons (Fsp3) is 0.500. The molecule has 0 aliphatic carbocycles. The molecule has 4 nitrogen and oxygen atoms in total. The fourth-order valence-electron chi connectivity index (χ4n) is 1.56. The van der Waals surface area contributed by atoms with Crippen LogP contribution in [-0.2, 0) is 4.74 Å². The number of hydrogen-bond acceptors (Lipinski definition) is 4. The lowest BCUT2D eigenvalue weighted by molar-refractivity contribution is 0.203. The number of pyridine rings is 1. The van der Waals surface area contributed by atoms with Crippen LogP contribution in [0.4, 0.5) is 5.82 Å². The zero-order valence-corrected chi connectivity index (χ0v) is 11.3. The molecule has 0 spiro atoms. The third kappa shape index (κ3) is 3.94. The standard InChI is InChI=1S/C12H19N3OS/c1-9(2)15(6-7-16-3)11-8-10(12(13)17)4-5-14-11/h4-5,8-9H,6-7H2,1-3H3,(H2,13,17). The quantitative estimate of drug-likeness (QED) is 0.780. The van der Waals surface area contributed by atoms with E-state index in [-0.39, 0.29) is 0 Å². The highest BCUT2D eigenvalue weighted by molar-refractivity contribution is 7.80.